The van der Waals surface area contributed by atoms with Crippen molar-refractivity contribution in [2.45, 2.75) is 12.6 Å². The molecule has 6 heteroatoms. The van der Waals surface area contributed by atoms with E-state index in [9.17, 15) is 9.59 Å². The third-order valence-electron chi connectivity index (χ3n) is 1.91. The Balaban J connectivity index is 2.44. The lowest BCUT2D eigenvalue weighted by Gasteiger charge is -2.10. The van der Waals surface area contributed by atoms with Gasteiger partial charge in [-0.05, 0) is 19.2 Å². The van der Waals surface area contributed by atoms with Gasteiger partial charge in [-0.15, -0.1) is 0 Å². The molecule has 6 nitrogen and oxygen atoms in total. The summed E-state index contributed by atoms with van der Waals surface area (Å²) in [6.45, 7) is 0.289. The fraction of sp³-hybridized carbons (Fsp3) is 0.333. The SMILES string of the molecule is CNC(C(=O)O)C(=O)NCc1ccc[nH]1. The number of carbonyl (C=O) groups excluding carboxylic acids is 1. The zero-order valence-corrected chi connectivity index (χ0v) is 8.28. The van der Waals surface area contributed by atoms with E-state index < -0.39 is 17.9 Å². The number of carbonyl (C=O) groups is 2. The number of likely N-dealkylation sites (N-methyl/N-ethyl adjacent to an activating group) is 1. The van der Waals surface area contributed by atoms with Crippen LogP contribution in [-0.4, -0.2) is 35.1 Å². The molecular weight excluding hydrogens is 198 g/mol. The van der Waals surface area contributed by atoms with Gasteiger partial charge < -0.3 is 15.4 Å². The average Bonchev–Trinajstić information content (AvgIpc) is 2.67. The summed E-state index contributed by atoms with van der Waals surface area (Å²) in [4.78, 5) is 24.8. The molecular formula is C9H13N3O3. The molecule has 0 fully saturated rings. The average molecular weight is 211 g/mol. The standard InChI is InChI=1S/C9H13N3O3/c1-10-7(9(14)15)8(13)12-5-6-3-2-4-11-6/h2-4,7,10-11H,5H2,1H3,(H,12,13)(H,14,15). The van der Waals surface area contributed by atoms with Gasteiger partial charge in [0.05, 0.1) is 6.54 Å². The van der Waals surface area contributed by atoms with Crippen LogP contribution in [0.15, 0.2) is 18.3 Å². The Morgan fingerprint density at radius 3 is 2.80 bits per heavy atom. The molecule has 0 aliphatic carbocycles. The summed E-state index contributed by atoms with van der Waals surface area (Å²) in [5, 5.41) is 13.6. The maximum absolute atomic E-state index is 11.3. The van der Waals surface area contributed by atoms with Crippen LogP contribution in [0.3, 0.4) is 0 Å². The number of aliphatic carboxylic acids is 1. The monoisotopic (exact) mass is 211 g/mol. The van der Waals surface area contributed by atoms with Crippen LogP contribution >= 0.6 is 0 Å². The lowest BCUT2D eigenvalue weighted by Crippen LogP contribution is -2.47. The van der Waals surface area contributed by atoms with Gasteiger partial charge in [0.1, 0.15) is 0 Å². The first-order chi connectivity index (χ1) is 7.15. The van der Waals surface area contributed by atoms with Crippen molar-refractivity contribution < 1.29 is 14.7 Å². The fourth-order valence-corrected chi connectivity index (χ4v) is 1.13. The summed E-state index contributed by atoms with van der Waals surface area (Å²) < 4.78 is 0. The van der Waals surface area contributed by atoms with Crippen LogP contribution in [0.4, 0.5) is 0 Å². The van der Waals surface area contributed by atoms with Gasteiger partial charge in [-0.25, -0.2) is 4.79 Å². The van der Waals surface area contributed by atoms with Crippen LogP contribution in [0.2, 0.25) is 0 Å². The molecule has 1 aromatic heterocycles. The van der Waals surface area contributed by atoms with Gasteiger partial charge in [0.2, 0.25) is 5.91 Å². The summed E-state index contributed by atoms with van der Waals surface area (Å²) >= 11 is 0. The van der Waals surface area contributed by atoms with E-state index in [0.717, 1.165) is 5.69 Å². The number of nitrogens with one attached hydrogen (secondary N) is 3. The van der Waals surface area contributed by atoms with E-state index in [2.05, 4.69) is 15.6 Å². The molecule has 1 rings (SSSR count). The minimum atomic E-state index is -1.21. The quantitative estimate of drug-likeness (QED) is 0.484. The Morgan fingerprint density at radius 2 is 2.33 bits per heavy atom. The topological polar surface area (TPSA) is 94.2 Å². The highest BCUT2D eigenvalue weighted by Crippen LogP contribution is 1.93. The summed E-state index contributed by atoms with van der Waals surface area (Å²) in [6.07, 6.45) is 1.73. The zero-order valence-electron chi connectivity index (χ0n) is 8.28. The highest BCUT2D eigenvalue weighted by Gasteiger charge is 2.23. The molecule has 1 heterocycles. The Morgan fingerprint density at radius 1 is 1.60 bits per heavy atom. The molecule has 1 aromatic rings. The number of aromatic amines is 1. The summed E-state index contributed by atoms with van der Waals surface area (Å²) in [5.41, 5.74) is 0.823. The minimum absolute atomic E-state index is 0.289. The number of hydrogen-bond acceptors (Lipinski definition) is 3. The number of hydrogen-bond donors (Lipinski definition) is 4. The molecule has 0 aliphatic heterocycles. The van der Waals surface area contributed by atoms with E-state index in [1.165, 1.54) is 7.05 Å². The Hall–Kier alpha value is -1.82. The van der Waals surface area contributed by atoms with Gasteiger partial charge in [0, 0.05) is 11.9 Å². The second kappa shape index (κ2) is 5.16. The molecule has 1 atom stereocenters. The van der Waals surface area contributed by atoms with Crippen LogP contribution in [0.5, 0.6) is 0 Å². The Labute approximate surface area is 86.7 Å². The number of amides is 1. The molecule has 4 N–H and O–H groups in total. The van der Waals surface area contributed by atoms with E-state index in [1.807, 2.05) is 0 Å². The number of carboxylic acids is 1. The maximum Gasteiger partial charge on any atom is 0.330 e. The molecule has 0 bridgehead atoms. The number of H-pyrrole nitrogens is 1. The maximum atomic E-state index is 11.3. The molecule has 0 aliphatic rings. The molecule has 15 heavy (non-hydrogen) atoms. The highest BCUT2D eigenvalue weighted by molar-refractivity contribution is 6.01. The first-order valence-electron chi connectivity index (χ1n) is 4.45. The normalized spacial score (nSPS) is 12.1. The second-order valence-corrected chi connectivity index (χ2v) is 2.97. The van der Waals surface area contributed by atoms with Crippen LogP contribution in [0.1, 0.15) is 5.69 Å². The van der Waals surface area contributed by atoms with Gasteiger partial charge in [0.15, 0.2) is 6.04 Å². The first kappa shape index (κ1) is 11.3. The summed E-state index contributed by atoms with van der Waals surface area (Å²) in [5.74, 6) is -1.75. The molecule has 1 amide bonds. The van der Waals surface area contributed by atoms with Crippen molar-refractivity contribution >= 4 is 11.9 Å². The molecule has 0 saturated heterocycles. The lowest BCUT2D eigenvalue weighted by molar-refractivity contribution is -0.143. The third kappa shape index (κ3) is 3.10. The van der Waals surface area contributed by atoms with Crippen molar-refractivity contribution in [2.24, 2.45) is 0 Å². The van der Waals surface area contributed by atoms with Gasteiger partial charge in [0.25, 0.3) is 0 Å². The molecule has 0 saturated carbocycles. The van der Waals surface area contributed by atoms with E-state index in [1.54, 1.807) is 18.3 Å². The number of carboxylic acid groups (broad SMARTS) is 1. The van der Waals surface area contributed by atoms with E-state index >= 15 is 0 Å². The van der Waals surface area contributed by atoms with Crippen LogP contribution < -0.4 is 10.6 Å². The fourth-order valence-electron chi connectivity index (χ4n) is 1.13. The van der Waals surface area contributed by atoms with Gasteiger partial charge in [-0.3, -0.25) is 10.1 Å². The first-order valence-corrected chi connectivity index (χ1v) is 4.45. The largest absolute Gasteiger partial charge is 0.480 e. The van der Waals surface area contributed by atoms with Crippen LogP contribution in [0.25, 0.3) is 0 Å². The van der Waals surface area contributed by atoms with Crippen LogP contribution in [-0.2, 0) is 16.1 Å². The smallest absolute Gasteiger partial charge is 0.330 e. The van der Waals surface area contributed by atoms with Gasteiger partial charge in [-0.1, -0.05) is 0 Å². The Kier molecular flexibility index (Phi) is 3.87. The predicted octanol–water partition coefficient (Wildman–Crippen LogP) is -0.696. The number of aromatic nitrogens is 1. The molecule has 0 aromatic carbocycles. The molecule has 0 radical (unpaired) electrons. The van der Waals surface area contributed by atoms with Crippen molar-refractivity contribution in [3.05, 3.63) is 24.0 Å². The molecule has 82 valence electrons. The second-order valence-electron chi connectivity index (χ2n) is 2.97. The zero-order chi connectivity index (χ0) is 11.3. The summed E-state index contributed by atoms with van der Waals surface area (Å²) in [6, 6.07) is 2.39. The van der Waals surface area contributed by atoms with Crippen molar-refractivity contribution in [3.8, 4) is 0 Å². The highest BCUT2D eigenvalue weighted by atomic mass is 16.4. The van der Waals surface area contributed by atoms with Crippen LogP contribution in [0, 0.1) is 0 Å². The van der Waals surface area contributed by atoms with Crippen molar-refractivity contribution in [2.75, 3.05) is 7.05 Å². The Bertz CT molecular complexity index is 334. The van der Waals surface area contributed by atoms with E-state index in [0.29, 0.717) is 0 Å². The van der Waals surface area contributed by atoms with E-state index in [4.69, 9.17) is 5.11 Å². The van der Waals surface area contributed by atoms with Crippen molar-refractivity contribution in [3.63, 3.8) is 0 Å². The number of rotatable bonds is 5. The van der Waals surface area contributed by atoms with E-state index in [-0.39, 0.29) is 6.54 Å². The van der Waals surface area contributed by atoms with Gasteiger partial charge >= 0.3 is 5.97 Å². The lowest BCUT2D eigenvalue weighted by atomic mass is 10.3. The van der Waals surface area contributed by atoms with Gasteiger partial charge in [-0.2, -0.15) is 0 Å². The van der Waals surface area contributed by atoms with Crippen molar-refractivity contribution in [1.82, 2.24) is 15.6 Å². The third-order valence-corrected chi connectivity index (χ3v) is 1.91. The minimum Gasteiger partial charge on any atom is -0.480 e. The summed E-state index contributed by atoms with van der Waals surface area (Å²) in [7, 11) is 1.42. The molecule has 1 unspecified atom stereocenters. The van der Waals surface area contributed by atoms with Crippen molar-refractivity contribution in [1.29, 1.82) is 0 Å². The predicted molar refractivity (Wildman–Crippen MR) is 53.1 cm³/mol. The molecule has 0 spiro atoms.